The molecule has 6 nitrogen and oxygen atoms in total. The van der Waals surface area contributed by atoms with Crippen LogP contribution in [-0.2, 0) is 5.54 Å². The lowest BCUT2D eigenvalue weighted by atomic mass is 9.77. The molecule has 1 aliphatic rings. The van der Waals surface area contributed by atoms with Gasteiger partial charge in [0.2, 0.25) is 0 Å². The summed E-state index contributed by atoms with van der Waals surface area (Å²) in [6.07, 6.45) is 6.43. The molecule has 2 N–H and O–H groups in total. The zero-order chi connectivity index (χ0) is 15.2. The molecule has 0 radical (unpaired) electrons. The van der Waals surface area contributed by atoms with Crippen LogP contribution in [0, 0.1) is 0 Å². The van der Waals surface area contributed by atoms with Crippen molar-refractivity contribution in [1.82, 2.24) is 19.9 Å². The van der Waals surface area contributed by atoms with Gasteiger partial charge in [0.25, 0.3) is 5.89 Å². The van der Waals surface area contributed by atoms with E-state index < -0.39 is 5.54 Å². The Kier molecular flexibility index (Phi) is 4.14. The largest absolute Gasteiger partial charge is 0.334 e. The Morgan fingerprint density at radius 1 is 1.22 bits per heavy atom. The summed E-state index contributed by atoms with van der Waals surface area (Å²) in [6.45, 7) is 0. The van der Waals surface area contributed by atoms with E-state index in [9.17, 15) is 0 Å². The average Bonchev–Trinajstić information content (AvgIpc) is 3.14. The summed E-state index contributed by atoms with van der Waals surface area (Å²) in [4.78, 5) is 4.42. The zero-order valence-electron chi connectivity index (χ0n) is 12.1. The van der Waals surface area contributed by atoms with Crippen LogP contribution in [0.25, 0.3) is 17.1 Å². The van der Waals surface area contributed by atoms with Crippen LogP contribution in [0.15, 0.2) is 41.2 Å². The van der Waals surface area contributed by atoms with Crippen molar-refractivity contribution in [2.75, 3.05) is 0 Å². The molecular formula is C15H15Cl2N5O. The minimum absolute atomic E-state index is 0. The standard InChI is InChI=1S/C15H14ClN5O.ClH/c16-11-2-4-12(5-3-11)21-9-10(8-18-21)13-19-14(20-22-13)15(17)6-1-7-15;/h2-5,8-9H,1,6-7,17H2;1H. The molecule has 23 heavy (non-hydrogen) atoms. The van der Waals surface area contributed by atoms with Crippen LogP contribution in [-0.4, -0.2) is 19.9 Å². The quantitative estimate of drug-likeness (QED) is 0.782. The van der Waals surface area contributed by atoms with Crippen molar-refractivity contribution < 1.29 is 4.52 Å². The first-order valence-corrected chi connectivity index (χ1v) is 7.46. The summed E-state index contributed by atoms with van der Waals surface area (Å²) in [5.74, 6) is 1.01. The van der Waals surface area contributed by atoms with Gasteiger partial charge in [-0.1, -0.05) is 16.8 Å². The van der Waals surface area contributed by atoms with Gasteiger partial charge in [-0.3, -0.25) is 0 Å². The van der Waals surface area contributed by atoms with Crippen LogP contribution in [0.5, 0.6) is 0 Å². The Bertz CT molecular complexity index is 807. The van der Waals surface area contributed by atoms with E-state index >= 15 is 0 Å². The Balaban J connectivity index is 0.00000156. The summed E-state index contributed by atoms with van der Waals surface area (Å²) < 4.78 is 7.06. The van der Waals surface area contributed by atoms with E-state index in [0.29, 0.717) is 16.7 Å². The summed E-state index contributed by atoms with van der Waals surface area (Å²) >= 11 is 5.89. The lowest BCUT2D eigenvalue weighted by molar-refractivity contribution is 0.229. The van der Waals surface area contributed by atoms with E-state index in [0.717, 1.165) is 30.5 Å². The molecule has 0 bridgehead atoms. The zero-order valence-corrected chi connectivity index (χ0v) is 13.7. The van der Waals surface area contributed by atoms with Gasteiger partial charge in [-0.15, -0.1) is 12.4 Å². The van der Waals surface area contributed by atoms with Gasteiger partial charge in [0.1, 0.15) is 0 Å². The number of hydrogen-bond acceptors (Lipinski definition) is 5. The molecule has 0 aliphatic heterocycles. The van der Waals surface area contributed by atoms with Crippen molar-refractivity contribution in [3.8, 4) is 17.1 Å². The number of nitrogens with two attached hydrogens (primary N) is 1. The fraction of sp³-hybridized carbons (Fsp3) is 0.267. The van der Waals surface area contributed by atoms with E-state index in [2.05, 4.69) is 15.2 Å². The van der Waals surface area contributed by atoms with E-state index in [1.54, 1.807) is 10.9 Å². The number of rotatable bonds is 3. The van der Waals surface area contributed by atoms with Crippen LogP contribution in [0.4, 0.5) is 0 Å². The van der Waals surface area contributed by atoms with Crippen LogP contribution >= 0.6 is 24.0 Å². The minimum atomic E-state index is -0.423. The molecule has 0 atom stereocenters. The number of aromatic nitrogens is 4. The first-order chi connectivity index (χ1) is 10.6. The highest BCUT2D eigenvalue weighted by Crippen LogP contribution is 2.37. The van der Waals surface area contributed by atoms with Crippen LogP contribution in [0.3, 0.4) is 0 Å². The average molecular weight is 352 g/mol. The molecule has 1 fully saturated rings. The van der Waals surface area contributed by atoms with Gasteiger partial charge in [-0.05, 0) is 43.5 Å². The predicted octanol–water partition coefficient (Wildman–Crippen LogP) is 3.34. The fourth-order valence-electron chi connectivity index (χ4n) is 2.49. The van der Waals surface area contributed by atoms with Crippen molar-refractivity contribution in [2.24, 2.45) is 5.73 Å². The van der Waals surface area contributed by atoms with Crippen LogP contribution < -0.4 is 5.73 Å². The third-order valence-electron chi connectivity index (χ3n) is 4.04. The molecule has 3 aromatic rings. The van der Waals surface area contributed by atoms with Gasteiger partial charge in [-0.25, -0.2) is 4.68 Å². The molecule has 0 saturated heterocycles. The first kappa shape index (κ1) is 16.0. The molecule has 0 spiro atoms. The molecule has 1 saturated carbocycles. The van der Waals surface area contributed by atoms with Crippen LogP contribution in [0.1, 0.15) is 25.1 Å². The Hall–Kier alpha value is -1.89. The van der Waals surface area contributed by atoms with Gasteiger partial charge in [-0.2, -0.15) is 10.1 Å². The maximum Gasteiger partial charge on any atom is 0.261 e. The highest BCUT2D eigenvalue weighted by molar-refractivity contribution is 6.30. The molecule has 1 aromatic carbocycles. The van der Waals surface area contributed by atoms with E-state index in [1.807, 2.05) is 30.5 Å². The summed E-state index contributed by atoms with van der Waals surface area (Å²) in [6, 6.07) is 7.42. The van der Waals surface area contributed by atoms with E-state index in [1.165, 1.54) is 0 Å². The molecule has 120 valence electrons. The lowest BCUT2D eigenvalue weighted by Gasteiger charge is -2.34. The first-order valence-electron chi connectivity index (χ1n) is 7.08. The number of hydrogen-bond donors (Lipinski definition) is 1. The molecule has 4 rings (SSSR count). The van der Waals surface area contributed by atoms with Gasteiger partial charge >= 0.3 is 0 Å². The van der Waals surface area contributed by atoms with Crippen molar-refractivity contribution in [2.45, 2.75) is 24.8 Å². The number of halogens is 2. The predicted molar refractivity (Wildman–Crippen MR) is 88.8 cm³/mol. The molecule has 0 unspecified atom stereocenters. The van der Waals surface area contributed by atoms with E-state index in [-0.39, 0.29) is 12.4 Å². The van der Waals surface area contributed by atoms with Crippen molar-refractivity contribution >= 4 is 24.0 Å². The maximum absolute atomic E-state index is 6.21. The normalized spacial score (nSPS) is 15.7. The minimum Gasteiger partial charge on any atom is -0.334 e. The summed E-state index contributed by atoms with van der Waals surface area (Å²) in [5, 5.41) is 9.01. The van der Waals surface area contributed by atoms with Gasteiger partial charge in [0, 0.05) is 11.2 Å². The molecule has 2 aromatic heterocycles. The highest BCUT2D eigenvalue weighted by Gasteiger charge is 2.39. The summed E-state index contributed by atoms with van der Waals surface area (Å²) in [7, 11) is 0. The molecule has 8 heteroatoms. The third kappa shape index (κ3) is 2.85. The summed E-state index contributed by atoms with van der Waals surface area (Å²) in [5.41, 5.74) is 7.45. The Morgan fingerprint density at radius 2 is 1.96 bits per heavy atom. The smallest absolute Gasteiger partial charge is 0.261 e. The molecule has 1 aliphatic carbocycles. The third-order valence-corrected chi connectivity index (χ3v) is 4.29. The second-order valence-corrected chi connectivity index (χ2v) is 6.02. The molecular weight excluding hydrogens is 337 g/mol. The highest BCUT2D eigenvalue weighted by atomic mass is 35.5. The second-order valence-electron chi connectivity index (χ2n) is 5.58. The van der Waals surface area contributed by atoms with E-state index in [4.69, 9.17) is 21.9 Å². The van der Waals surface area contributed by atoms with Gasteiger partial charge in [0.05, 0.1) is 23.0 Å². The SMILES string of the molecule is Cl.NC1(c2noc(-c3cnn(-c4ccc(Cl)cc4)c3)n2)CCC1. The second kappa shape index (κ2) is 5.96. The number of benzene rings is 1. The maximum atomic E-state index is 6.21. The fourth-order valence-corrected chi connectivity index (χ4v) is 2.62. The van der Waals surface area contributed by atoms with Crippen molar-refractivity contribution in [3.05, 3.63) is 47.5 Å². The van der Waals surface area contributed by atoms with Gasteiger partial charge < -0.3 is 10.3 Å². The molecule has 0 amide bonds. The molecule has 2 heterocycles. The van der Waals surface area contributed by atoms with Crippen molar-refractivity contribution in [1.29, 1.82) is 0 Å². The lowest BCUT2D eigenvalue weighted by Crippen LogP contribution is -2.44. The number of nitrogens with zero attached hydrogens (tertiary/aromatic N) is 4. The topological polar surface area (TPSA) is 82.8 Å². The Morgan fingerprint density at radius 3 is 2.61 bits per heavy atom. The van der Waals surface area contributed by atoms with Crippen molar-refractivity contribution in [3.63, 3.8) is 0 Å². The Labute approximate surface area is 144 Å². The van der Waals surface area contributed by atoms with Gasteiger partial charge in [0.15, 0.2) is 5.82 Å². The monoisotopic (exact) mass is 351 g/mol. The van der Waals surface area contributed by atoms with Crippen LogP contribution in [0.2, 0.25) is 5.02 Å².